The van der Waals surface area contributed by atoms with Gasteiger partial charge < -0.3 is 5.32 Å². The van der Waals surface area contributed by atoms with E-state index < -0.39 is 0 Å². The zero-order valence-corrected chi connectivity index (χ0v) is 16.5. The van der Waals surface area contributed by atoms with Crippen molar-refractivity contribution in [3.05, 3.63) is 68.9 Å². The number of aromatic amines is 1. The van der Waals surface area contributed by atoms with Gasteiger partial charge >= 0.3 is 0 Å². The molecule has 0 fully saturated rings. The van der Waals surface area contributed by atoms with E-state index in [-0.39, 0.29) is 29.4 Å². The Kier molecular flexibility index (Phi) is 5.09. The molecule has 0 aliphatic rings. The third-order valence-corrected chi connectivity index (χ3v) is 4.65. The number of anilines is 1. The number of amides is 1. The van der Waals surface area contributed by atoms with Crippen LogP contribution in [0.1, 0.15) is 19.5 Å². The van der Waals surface area contributed by atoms with Gasteiger partial charge in [0.15, 0.2) is 0 Å². The van der Waals surface area contributed by atoms with E-state index in [1.807, 2.05) is 13.8 Å². The van der Waals surface area contributed by atoms with Gasteiger partial charge in [-0.05, 0) is 30.2 Å². The molecular weight excluding hydrogens is 384 g/mol. The zero-order chi connectivity index (χ0) is 21.3. The molecule has 30 heavy (non-hydrogen) atoms. The number of carbonyl (C=O) groups excluding carboxylic acids is 1. The molecule has 2 N–H and O–H groups in total. The lowest BCUT2D eigenvalue weighted by atomic mass is 10.1. The lowest BCUT2D eigenvalue weighted by molar-refractivity contribution is -0.115. The molecule has 0 saturated carbocycles. The van der Waals surface area contributed by atoms with E-state index in [4.69, 9.17) is 0 Å². The Labute approximate surface area is 170 Å². The topological polar surface area (TPSA) is 123 Å². The van der Waals surface area contributed by atoms with Gasteiger partial charge in [0, 0.05) is 17.6 Å². The van der Waals surface area contributed by atoms with Crippen molar-refractivity contribution >= 4 is 33.3 Å². The molecule has 2 aromatic carbocycles. The summed E-state index contributed by atoms with van der Waals surface area (Å²) in [5, 5.41) is 18.8. The molecule has 0 saturated heterocycles. The molecule has 9 heteroatoms. The molecule has 0 unspecified atom stereocenters. The van der Waals surface area contributed by atoms with Gasteiger partial charge in [-0.15, -0.1) is 5.10 Å². The number of hydrogen-bond acceptors (Lipinski definition) is 6. The first kappa shape index (κ1) is 19.4. The third kappa shape index (κ3) is 3.82. The molecule has 0 aliphatic heterocycles. The lowest BCUT2D eigenvalue weighted by Crippen LogP contribution is -2.26. The summed E-state index contributed by atoms with van der Waals surface area (Å²) in [6.45, 7) is 4.44. The van der Waals surface area contributed by atoms with Crippen molar-refractivity contribution in [1.29, 1.82) is 0 Å². The van der Waals surface area contributed by atoms with Crippen LogP contribution >= 0.6 is 0 Å². The minimum absolute atomic E-state index is 0.0263. The second-order valence-corrected chi connectivity index (χ2v) is 7.47. The van der Waals surface area contributed by atoms with Crippen molar-refractivity contribution in [1.82, 2.24) is 25.2 Å². The molecule has 2 heterocycles. The van der Waals surface area contributed by atoms with Gasteiger partial charge in [-0.1, -0.05) is 37.3 Å². The molecule has 4 aromatic rings. The third-order valence-electron chi connectivity index (χ3n) is 4.65. The van der Waals surface area contributed by atoms with Crippen molar-refractivity contribution < 1.29 is 4.79 Å². The van der Waals surface area contributed by atoms with Gasteiger partial charge in [0.2, 0.25) is 5.91 Å². The van der Waals surface area contributed by atoms with Crippen LogP contribution in [-0.2, 0) is 17.8 Å². The second-order valence-electron chi connectivity index (χ2n) is 7.47. The van der Waals surface area contributed by atoms with E-state index in [1.165, 1.54) is 4.68 Å². The summed E-state index contributed by atoms with van der Waals surface area (Å²) in [6, 6.07) is 11.9. The van der Waals surface area contributed by atoms with Crippen LogP contribution in [0.2, 0.25) is 0 Å². The fourth-order valence-corrected chi connectivity index (χ4v) is 3.28. The number of H-pyrrole nitrogens is 1. The molecule has 2 aromatic heterocycles. The van der Waals surface area contributed by atoms with Crippen molar-refractivity contribution in [2.24, 2.45) is 5.92 Å². The summed E-state index contributed by atoms with van der Waals surface area (Å²) < 4.78 is 1.33. The van der Waals surface area contributed by atoms with Crippen LogP contribution in [0.5, 0.6) is 0 Å². The van der Waals surface area contributed by atoms with Gasteiger partial charge in [0.25, 0.3) is 11.1 Å². The summed E-state index contributed by atoms with van der Waals surface area (Å²) in [7, 11) is 0. The van der Waals surface area contributed by atoms with E-state index in [0.29, 0.717) is 39.6 Å². The van der Waals surface area contributed by atoms with Gasteiger partial charge in [0.1, 0.15) is 5.52 Å². The molecule has 0 spiro atoms. The van der Waals surface area contributed by atoms with E-state index >= 15 is 0 Å². The predicted octanol–water partition coefficient (Wildman–Crippen LogP) is 1.87. The summed E-state index contributed by atoms with van der Waals surface area (Å²) in [5.74, 6) is -0.0689. The molecule has 0 atom stereocenters. The average molecular weight is 404 g/mol. The number of carbonyl (C=O) groups is 1. The van der Waals surface area contributed by atoms with Crippen LogP contribution in [0, 0.1) is 5.92 Å². The highest BCUT2D eigenvalue weighted by Crippen LogP contribution is 2.16. The molecule has 1 amide bonds. The minimum atomic E-state index is -0.316. The van der Waals surface area contributed by atoms with Crippen LogP contribution in [0.3, 0.4) is 0 Å². The first-order valence-electron chi connectivity index (χ1n) is 9.56. The summed E-state index contributed by atoms with van der Waals surface area (Å²) >= 11 is 0. The molecular formula is C21H20N6O3. The number of rotatable bonds is 5. The van der Waals surface area contributed by atoms with Crippen LogP contribution < -0.4 is 16.4 Å². The van der Waals surface area contributed by atoms with Crippen molar-refractivity contribution in [2.45, 2.75) is 26.8 Å². The summed E-state index contributed by atoms with van der Waals surface area (Å²) in [5.41, 5.74) is 0.851. The maximum Gasteiger partial charge on any atom is 0.277 e. The van der Waals surface area contributed by atoms with Crippen LogP contribution in [0.25, 0.3) is 21.7 Å². The Bertz CT molecular complexity index is 1370. The van der Waals surface area contributed by atoms with Crippen molar-refractivity contribution in [3.63, 3.8) is 0 Å². The number of nitrogens with zero attached hydrogens (tertiary/aromatic N) is 4. The Balaban J connectivity index is 1.61. The van der Waals surface area contributed by atoms with Crippen LogP contribution in [-0.4, -0.2) is 31.1 Å². The van der Waals surface area contributed by atoms with Gasteiger partial charge in [-0.2, -0.15) is 5.10 Å². The van der Waals surface area contributed by atoms with E-state index in [9.17, 15) is 14.4 Å². The lowest BCUT2D eigenvalue weighted by Gasteiger charge is -2.09. The first-order chi connectivity index (χ1) is 14.4. The molecule has 152 valence electrons. The van der Waals surface area contributed by atoms with Crippen LogP contribution in [0.4, 0.5) is 5.69 Å². The monoisotopic (exact) mass is 404 g/mol. The Hall–Kier alpha value is -3.88. The second kappa shape index (κ2) is 7.86. The Morgan fingerprint density at radius 2 is 1.87 bits per heavy atom. The first-order valence-corrected chi connectivity index (χ1v) is 9.56. The standard InChI is InChI=1S/C21H20N6O3/c1-12(2)11-27-21(30)16-9-13(7-8-17(16)24-26-27)22-19(28)10-18-14-5-3-4-6-15(14)20(29)25-23-18/h3-9,12H,10-11H2,1-2H3,(H,22,28)(H,25,29). The van der Waals surface area contributed by atoms with Gasteiger partial charge in [-0.3, -0.25) is 14.4 Å². The SMILES string of the molecule is CC(C)Cn1nnc2ccc(NC(=O)Cc3n[nH]c(=O)c4ccccc34)cc2c1=O. The Morgan fingerprint density at radius 3 is 2.63 bits per heavy atom. The average Bonchev–Trinajstić information content (AvgIpc) is 2.72. The molecule has 4 rings (SSSR count). The zero-order valence-electron chi connectivity index (χ0n) is 16.5. The Morgan fingerprint density at radius 1 is 1.10 bits per heavy atom. The predicted molar refractivity (Wildman–Crippen MR) is 113 cm³/mol. The largest absolute Gasteiger partial charge is 0.326 e. The maximum atomic E-state index is 12.7. The highest BCUT2D eigenvalue weighted by atomic mass is 16.2. The molecule has 0 radical (unpaired) electrons. The van der Waals surface area contributed by atoms with Crippen LogP contribution in [0.15, 0.2) is 52.1 Å². The normalized spacial score (nSPS) is 11.3. The minimum Gasteiger partial charge on any atom is -0.326 e. The fraction of sp³-hybridized carbons (Fsp3) is 0.238. The van der Waals surface area contributed by atoms with Gasteiger partial charge in [0.05, 0.1) is 22.9 Å². The van der Waals surface area contributed by atoms with E-state index in [2.05, 4.69) is 25.8 Å². The summed E-state index contributed by atoms with van der Waals surface area (Å²) in [4.78, 5) is 37.2. The van der Waals surface area contributed by atoms with Crippen molar-refractivity contribution in [2.75, 3.05) is 5.32 Å². The highest BCUT2D eigenvalue weighted by molar-refractivity contribution is 5.96. The summed E-state index contributed by atoms with van der Waals surface area (Å²) in [6.07, 6.45) is -0.0263. The number of hydrogen-bond donors (Lipinski definition) is 2. The maximum absolute atomic E-state index is 12.7. The van der Waals surface area contributed by atoms with E-state index in [1.54, 1.807) is 42.5 Å². The number of fused-ring (bicyclic) bond motifs is 2. The van der Waals surface area contributed by atoms with Crippen molar-refractivity contribution in [3.8, 4) is 0 Å². The number of nitrogens with one attached hydrogen (secondary N) is 2. The van der Waals surface area contributed by atoms with E-state index in [0.717, 1.165) is 0 Å². The van der Waals surface area contributed by atoms with Gasteiger partial charge in [-0.25, -0.2) is 9.78 Å². The highest BCUT2D eigenvalue weighted by Gasteiger charge is 2.13. The molecule has 9 nitrogen and oxygen atoms in total. The smallest absolute Gasteiger partial charge is 0.277 e. The number of aromatic nitrogens is 5. The quantitative estimate of drug-likeness (QED) is 0.523. The molecule has 0 aliphatic carbocycles. The molecule has 0 bridgehead atoms. The fourth-order valence-electron chi connectivity index (χ4n) is 3.28. The number of benzene rings is 2.